The third-order valence-corrected chi connectivity index (χ3v) is 2.23. The summed E-state index contributed by atoms with van der Waals surface area (Å²) in [6.07, 6.45) is -0.594. The molecule has 0 bridgehead atoms. The number of hydrogen-bond acceptors (Lipinski definition) is 3. The molecule has 0 saturated heterocycles. The molecule has 1 N–H and O–H groups in total. The van der Waals surface area contributed by atoms with Crippen LogP contribution in [0, 0.1) is 0 Å². The Kier molecular flexibility index (Phi) is 4.31. The summed E-state index contributed by atoms with van der Waals surface area (Å²) in [4.78, 5) is 11.4. The fourth-order valence-corrected chi connectivity index (χ4v) is 1.12. The van der Waals surface area contributed by atoms with Crippen LogP contribution in [0.15, 0.2) is 30.3 Å². The van der Waals surface area contributed by atoms with Crippen LogP contribution in [0.1, 0.15) is 31.9 Å². The van der Waals surface area contributed by atoms with Gasteiger partial charge in [-0.2, -0.15) is 0 Å². The smallest absolute Gasteiger partial charge is 0.339 e. The quantitative estimate of drug-likeness (QED) is 0.770. The number of carbonyl (C=O) groups is 1. The molecule has 3 heteroatoms. The molecule has 0 fully saturated rings. The highest BCUT2D eigenvalue weighted by atomic mass is 16.6. The number of carbonyl (C=O) groups excluding carboxylic acids is 1. The Morgan fingerprint density at radius 1 is 1.40 bits per heavy atom. The van der Waals surface area contributed by atoms with E-state index in [-0.39, 0.29) is 6.10 Å². The summed E-state index contributed by atoms with van der Waals surface area (Å²) in [7, 11) is 0. The van der Waals surface area contributed by atoms with Crippen molar-refractivity contribution >= 4 is 5.97 Å². The normalized spacial score (nSPS) is 14.3. The number of benzene rings is 1. The molecule has 1 aromatic rings. The zero-order valence-electron chi connectivity index (χ0n) is 9.01. The molecule has 2 unspecified atom stereocenters. The lowest BCUT2D eigenvalue weighted by Crippen LogP contribution is -2.20. The maximum Gasteiger partial charge on any atom is 0.339 e. The van der Waals surface area contributed by atoms with Crippen molar-refractivity contribution in [2.75, 3.05) is 0 Å². The predicted molar refractivity (Wildman–Crippen MR) is 57.2 cm³/mol. The Hall–Kier alpha value is -1.35. The molecule has 0 saturated carbocycles. The summed E-state index contributed by atoms with van der Waals surface area (Å²) in [5.41, 5.74) is 0.561. The van der Waals surface area contributed by atoms with Gasteiger partial charge in [0.15, 0.2) is 6.10 Å². The molecule has 0 aliphatic heterocycles. The molecule has 0 aliphatic rings. The van der Waals surface area contributed by atoms with Gasteiger partial charge in [0.1, 0.15) is 0 Å². The van der Waals surface area contributed by atoms with Gasteiger partial charge in [0.25, 0.3) is 0 Å². The van der Waals surface area contributed by atoms with E-state index in [1.807, 2.05) is 13.0 Å². The van der Waals surface area contributed by atoms with E-state index in [0.29, 0.717) is 5.56 Å². The van der Waals surface area contributed by atoms with Gasteiger partial charge < -0.3 is 9.84 Å². The topological polar surface area (TPSA) is 46.5 Å². The van der Waals surface area contributed by atoms with Gasteiger partial charge in [-0.25, -0.2) is 4.79 Å². The second kappa shape index (κ2) is 5.51. The molecule has 82 valence electrons. The zero-order valence-corrected chi connectivity index (χ0v) is 9.01. The first-order valence-corrected chi connectivity index (χ1v) is 5.08. The van der Waals surface area contributed by atoms with Crippen LogP contribution in [0.5, 0.6) is 0 Å². The first kappa shape index (κ1) is 11.7. The van der Waals surface area contributed by atoms with Crippen LogP contribution in [0.2, 0.25) is 0 Å². The molecule has 0 spiro atoms. The summed E-state index contributed by atoms with van der Waals surface area (Å²) < 4.78 is 5.03. The van der Waals surface area contributed by atoms with Crippen LogP contribution in [-0.4, -0.2) is 17.2 Å². The lowest BCUT2D eigenvalue weighted by Gasteiger charge is -2.14. The van der Waals surface area contributed by atoms with E-state index in [2.05, 4.69) is 0 Å². The maximum atomic E-state index is 11.4. The average Bonchev–Trinajstić information content (AvgIpc) is 2.29. The van der Waals surface area contributed by atoms with Gasteiger partial charge in [0, 0.05) is 0 Å². The Morgan fingerprint density at radius 2 is 2.00 bits per heavy atom. The van der Waals surface area contributed by atoms with E-state index < -0.39 is 12.1 Å². The Bertz CT molecular complexity index is 308. The van der Waals surface area contributed by atoms with Crippen molar-refractivity contribution in [3.8, 4) is 0 Å². The van der Waals surface area contributed by atoms with Crippen LogP contribution in [-0.2, 0) is 9.53 Å². The second-order valence-electron chi connectivity index (χ2n) is 3.47. The standard InChI is InChI=1S/C12H16O3/c1-3-9(2)15-12(14)11(13)10-7-5-4-6-8-10/h4-9,11,13H,3H2,1-2H3. The predicted octanol–water partition coefficient (Wildman–Crippen LogP) is 2.06. The molecule has 1 rings (SSSR count). The number of esters is 1. The second-order valence-corrected chi connectivity index (χ2v) is 3.47. The van der Waals surface area contributed by atoms with Gasteiger partial charge in [0.05, 0.1) is 6.10 Å². The summed E-state index contributed by atoms with van der Waals surface area (Å²) in [5.74, 6) is -0.587. The SMILES string of the molecule is CCC(C)OC(=O)C(O)c1ccccc1. The first-order chi connectivity index (χ1) is 7.15. The highest BCUT2D eigenvalue weighted by Gasteiger charge is 2.20. The monoisotopic (exact) mass is 208 g/mol. The number of hydrogen-bond donors (Lipinski definition) is 1. The highest BCUT2D eigenvalue weighted by Crippen LogP contribution is 2.14. The molecule has 0 amide bonds. The van der Waals surface area contributed by atoms with Gasteiger partial charge in [-0.3, -0.25) is 0 Å². The van der Waals surface area contributed by atoms with Crippen LogP contribution in [0.25, 0.3) is 0 Å². The Balaban J connectivity index is 2.61. The molecule has 2 atom stereocenters. The van der Waals surface area contributed by atoms with E-state index in [0.717, 1.165) is 6.42 Å². The third-order valence-electron chi connectivity index (χ3n) is 2.23. The molecule has 0 radical (unpaired) electrons. The molecule has 1 aromatic carbocycles. The number of ether oxygens (including phenoxy) is 1. The van der Waals surface area contributed by atoms with Gasteiger partial charge >= 0.3 is 5.97 Å². The van der Waals surface area contributed by atoms with E-state index in [1.165, 1.54) is 0 Å². The van der Waals surface area contributed by atoms with Gasteiger partial charge in [0.2, 0.25) is 0 Å². The molecule has 3 nitrogen and oxygen atoms in total. The average molecular weight is 208 g/mol. The van der Waals surface area contributed by atoms with E-state index in [1.54, 1.807) is 31.2 Å². The van der Waals surface area contributed by atoms with E-state index >= 15 is 0 Å². The fraction of sp³-hybridized carbons (Fsp3) is 0.417. The molecule has 0 heterocycles. The Morgan fingerprint density at radius 3 is 2.53 bits per heavy atom. The van der Waals surface area contributed by atoms with Gasteiger partial charge in [-0.05, 0) is 18.9 Å². The lowest BCUT2D eigenvalue weighted by molar-refractivity contribution is -0.158. The highest BCUT2D eigenvalue weighted by molar-refractivity contribution is 5.76. The number of rotatable bonds is 4. The summed E-state index contributed by atoms with van der Waals surface area (Å²) in [6.45, 7) is 3.72. The number of aliphatic hydroxyl groups is 1. The molecule has 15 heavy (non-hydrogen) atoms. The minimum atomic E-state index is -1.18. The fourth-order valence-electron chi connectivity index (χ4n) is 1.12. The lowest BCUT2D eigenvalue weighted by atomic mass is 10.1. The number of aliphatic hydroxyl groups excluding tert-OH is 1. The van der Waals surface area contributed by atoms with Crippen LogP contribution in [0.3, 0.4) is 0 Å². The van der Waals surface area contributed by atoms with Crippen molar-refractivity contribution in [1.82, 2.24) is 0 Å². The zero-order chi connectivity index (χ0) is 11.3. The van der Waals surface area contributed by atoms with Gasteiger partial charge in [-0.15, -0.1) is 0 Å². The minimum absolute atomic E-state index is 0.157. The summed E-state index contributed by atoms with van der Waals surface area (Å²) in [6, 6.07) is 8.77. The first-order valence-electron chi connectivity index (χ1n) is 5.08. The summed E-state index contributed by atoms with van der Waals surface area (Å²) in [5, 5.41) is 9.66. The van der Waals surface area contributed by atoms with Crippen molar-refractivity contribution in [3.63, 3.8) is 0 Å². The van der Waals surface area contributed by atoms with Crippen LogP contribution >= 0.6 is 0 Å². The van der Waals surface area contributed by atoms with Crippen LogP contribution in [0.4, 0.5) is 0 Å². The molecular weight excluding hydrogens is 192 g/mol. The molecule has 0 aromatic heterocycles. The van der Waals surface area contributed by atoms with Crippen molar-refractivity contribution in [2.45, 2.75) is 32.5 Å². The van der Waals surface area contributed by atoms with Crippen molar-refractivity contribution in [1.29, 1.82) is 0 Å². The minimum Gasteiger partial charge on any atom is -0.461 e. The van der Waals surface area contributed by atoms with Crippen molar-refractivity contribution < 1.29 is 14.6 Å². The maximum absolute atomic E-state index is 11.4. The van der Waals surface area contributed by atoms with Crippen molar-refractivity contribution in [2.24, 2.45) is 0 Å². The summed E-state index contributed by atoms with van der Waals surface area (Å²) >= 11 is 0. The van der Waals surface area contributed by atoms with E-state index in [9.17, 15) is 9.90 Å². The van der Waals surface area contributed by atoms with E-state index in [4.69, 9.17) is 4.74 Å². The third kappa shape index (κ3) is 3.36. The van der Waals surface area contributed by atoms with Gasteiger partial charge in [-0.1, -0.05) is 37.3 Å². The largest absolute Gasteiger partial charge is 0.461 e. The Labute approximate surface area is 89.7 Å². The molecule has 0 aliphatic carbocycles. The van der Waals surface area contributed by atoms with Crippen LogP contribution < -0.4 is 0 Å². The van der Waals surface area contributed by atoms with Crippen molar-refractivity contribution in [3.05, 3.63) is 35.9 Å². The molecular formula is C12H16O3.